The SMILES string of the molecule is CC(C)NCC(OCCCC(F)(F)F)c1ccccc1. The van der Waals surface area contributed by atoms with Crippen LogP contribution in [0.5, 0.6) is 0 Å². The third-order valence-electron chi connectivity index (χ3n) is 2.81. The second-order valence-corrected chi connectivity index (χ2v) is 5.05. The minimum Gasteiger partial charge on any atom is -0.372 e. The average Bonchev–Trinajstić information content (AvgIpc) is 2.37. The molecule has 0 aliphatic rings. The first kappa shape index (κ1) is 17.0. The highest BCUT2D eigenvalue weighted by atomic mass is 19.4. The van der Waals surface area contributed by atoms with E-state index in [1.165, 1.54) is 0 Å². The molecule has 1 atom stereocenters. The van der Waals surface area contributed by atoms with Gasteiger partial charge in [0.1, 0.15) is 0 Å². The zero-order valence-corrected chi connectivity index (χ0v) is 11.9. The molecule has 5 heteroatoms. The van der Waals surface area contributed by atoms with E-state index in [9.17, 15) is 13.2 Å². The average molecular weight is 289 g/mol. The zero-order valence-electron chi connectivity index (χ0n) is 11.9. The summed E-state index contributed by atoms with van der Waals surface area (Å²) in [6.45, 7) is 4.74. The van der Waals surface area contributed by atoms with Crippen molar-refractivity contribution in [3.8, 4) is 0 Å². The van der Waals surface area contributed by atoms with Gasteiger partial charge in [0.15, 0.2) is 0 Å². The molecule has 2 nitrogen and oxygen atoms in total. The maximum Gasteiger partial charge on any atom is 0.389 e. The molecule has 0 spiro atoms. The quantitative estimate of drug-likeness (QED) is 0.728. The molecule has 0 saturated carbocycles. The Morgan fingerprint density at radius 1 is 1.15 bits per heavy atom. The van der Waals surface area contributed by atoms with Crippen LogP contribution in [0.2, 0.25) is 0 Å². The Kier molecular flexibility index (Phi) is 7.02. The maximum atomic E-state index is 12.1. The van der Waals surface area contributed by atoms with Gasteiger partial charge >= 0.3 is 6.18 Å². The Bertz CT molecular complexity index is 365. The standard InChI is InChI=1S/C15H22F3NO/c1-12(2)19-11-14(13-7-4-3-5-8-13)20-10-6-9-15(16,17)18/h3-5,7-8,12,14,19H,6,9-11H2,1-2H3. The van der Waals surface area contributed by atoms with Gasteiger partial charge in [0.25, 0.3) is 0 Å². The first-order valence-electron chi connectivity index (χ1n) is 6.85. The summed E-state index contributed by atoms with van der Waals surface area (Å²) in [6.07, 6.45) is -5.13. The van der Waals surface area contributed by atoms with E-state index in [4.69, 9.17) is 4.74 Å². The number of benzene rings is 1. The number of ether oxygens (including phenoxy) is 1. The third-order valence-corrected chi connectivity index (χ3v) is 2.81. The van der Waals surface area contributed by atoms with Gasteiger partial charge in [-0.05, 0) is 12.0 Å². The Hall–Kier alpha value is -1.07. The molecule has 20 heavy (non-hydrogen) atoms. The van der Waals surface area contributed by atoms with Gasteiger partial charge in [0.2, 0.25) is 0 Å². The van der Waals surface area contributed by atoms with E-state index in [0.717, 1.165) is 5.56 Å². The van der Waals surface area contributed by atoms with Crippen LogP contribution in [0, 0.1) is 0 Å². The van der Waals surface area contributed by atoms with Crippen LogP contribution in [0.25, 0.3) is 0 Å². The van der Waals surface area contributed by atoms with Crippen LogP contribution in [0.4, 0.5) is 13.2 Å². The molecule has 114 valence electrons. The molecule has 1 rings (SSSR count). The smallest absolute Gasteiger partial charge is 0.372 e. The Morgan fingerprint density at radius 3 is 2.35 bits per heavy atom. The van der Waals surface area contributed by atoms with Gasteiger partial charge in [0.05, 0.1) is 6.10 Å². The van der Waals surface area contributed by atoms with Crippen molar-refractivity contribution < 1.29 is 17.9 Å². The summed E-state index contributed by atoms with van der Waals surface area (Å²) < 4.78 is 41.9. The van der Waals surface area contributed by atoms with Gasteiger partial charge < -0.3 is 10.1 Å². The fraction of sp³-hybridized carbons (Fsp3) is 0.600. The Labute approximate surface area is 118 Å². The van der Waals surface area contributed by atoms with E-state index < -0.39 is 12.6 Å². The molecule has 0 heterocycles. The van der Waals surface area contributed by atoms with E-state index in [-0.39, 0.29) is 19.1 Å². The van der Waals surface area contributed by atoms with E-state index in [1.54, 1.807) is 0 Å². The molecule has 0 fully saturated rings. The normalized spacial score (nSPS) is 13.7. The first-order valence-corrected chi connectivity index (χ1v) is 6.85. The van der Waals surface area contributed by atoms with Crippen molar-refractivity contribution in [2.75, 3.05) is 13.2 Å². The van der Waals surface area contributed by atoms with Crippen LogP contribution in [-0.2, 0) is 4.74 Å². The van der Waals surface area contributed by atoms with Crippen molar-refractivity contribution in [1.82, 2.24) is 5.32 Å². The molecule has 0 aliphatic heterocycles. The highest BCUT2D eigenvalue weighted by molar-refractivity contribution is 5.17. The number of alkyl halides is 3. The van der Waals surface area contributed by atoms with Crippen LogP contribution in [0.15, 0.2) is 30.3 Å². The number of rotatable bonds is 8. The molecule has 1 aromatic carbocycles. The minimum atomic E-state index is -4.11. The van der Waals surface area contributed by atoms with Crippen LogP contribution >= 0.6 is 0 Å². The topological polar surface area (TPSA) is 21.3 Å². The van der Waals surface area contributed by atoms with Crippen molar-refractivity contribution in [3.05, 3.63) is 35.9 Å². The number of hydrogen-bond donors (Lipinski definition) is 1. The largest absolute Gasteiger partial charge is 0.389 e. The van der Waals surface area contributed by atoms with Crippen LogP contribution in [0.3, 0.4) is 0 Å². The van der Waals surface area contributed by atoms with Crippen molar-refractivity contribution in [2.45, 2.75) is 45.0 Å². The van der Waals surface area contributed by atoms with Crippen LogP contribution in [-0.4, -0.2) is 25.4 Å². The summed E-state index contributed by atoms with van der Waals surface area (Å²) in [5.41, 5.74) is 0.979. The molecule has 0 aliphatic carbocycles. The van der Waals surface area contributed by atoms with E-state index in [0.29, 0.717) is 12.6 Å². The second-order valence-electron chi connectivity index (χ2n) is 5.05. The van der Waals surface area contributed by atoms with E-state index >= 15 is 0 Å². The molecule has 0 saturated heterocycles. The predicted octanol–water partition coefficient (Wildman–Crippen LogP) is 4.08. The molecule has 0 bridgehead atoms. The van der Waals surface area contributed by atoms with Crippen molar-refractivity contribution in [3.63, 3.8) is 0 Å². The minimum absolute atomic E-state index is 0.00544. The van der Waals surface area contributed by atoms with Gasteiger partial charge in [-0.1, -0.05) is 44.2 Å². The number of halogens is 3. The van der Waals surface area contributed by atoms with Gasteiger partial charge in [0, 0.05) is 25.6 Å². The van der Waals surface area contributed by atoms with Gasteiger partial charge in [-0.25, -0.2) is 0 Å². The lowest BCUT2D eigenvalue weighted by atomic mass is 10.1. The number of nitrogens with one attached hydrogen (secondary N) is 1. The zero-order chi connectivity index (χ0) is 15.0. The Morgan fingerprint density at radius 2 is 1.80 bits per heavy atom. The maximum absolute atomic E-state index is 12.1. The summed E-state index contributed by atoms with van der Waals surface area (Å²) >= 11 is 0. The molecular weight excluding hydrogens is 267 g/mol. The lowest BCUT2D eigenvalue weighted by molar-refractivity contribution is -0.138. The monoisotopic (exact) mass is 289 g/mol. The molecule has 1 N–H and O–H groups in total. The molecule has 0 radical (unpaired) electrons. The fourth-order valence-electron chi connectivity index (χ4n) is 1.78. The lowest BCUT2D eigenvalue weighted by Gasteiger charge is -2.20. The predicted molar refractivity (Wildman–Crippen MR) is 73.6 cm³/mol. The van der Waals surface area contributed by atoms with E-state index in [1.807, 2.05) is 44.2 Å². The fourth-order valence-corrected chi connectivity index (χ4v) is 1.78. The van der Waals surface area contributed by atoms with Crippen LogP contribution < -0.4 is 5.32 Å². The third kappa shape index (κ3) is 7.50. The Balaban J connectivity index is 2.47. The summed E-state index contributed by atoms with van der Waals surface area (Å²) in [5, 5.41) is 3.25. The first-order chi connectivity index (χ1) is 9.38. The van der Waals surface area contributed by atoms with Crippen LogP contribution in [0.1, 0.15) is 38.4 Å². The van der Waals surface area contributed by atoms with Crippen molar-refractivity contribution in [2.24, 2.45) is 0 Å². The molecule has 0 amide bonds. The highest BCUT2D eigenvalue weighted by Gasteiger charge is 2.26. The van der Waals surface area contributed by atoms with Gasteiger partial charge in [-0.3, -0.25) is 0 Å². The summed E-state index contributed by atoms with van der Waals surface area (Å²) in [5.74, 6) is 0. The summed E-state index contributed by atoms with van der Waals surface area (Å²) in [6, 6.07) is 9.86. The summed E-state index contributed by atoms with van der Waals surface area (Å²) in [4.78, 5) is 0. The second kappa shape index (κ2) is 8.27. The van der Waals surface area contributed by atoms with E-state index in [2.05, 4.69) is 5.32 Å². The highest BCUT2D eigenvalue weighted by Crippen LogP contribution is 2.22. The molecule has 1 unspecified atom stereocenters. The van der Waals surface area contributed by atoms with Gasteiger partial charge in [-0.2, -0.15) is 13.2 Å². The molecule has 0 aromatic heterocycles. The molecule has 1 aromatic rings. The number of hydrogen-bond acceptors (Lipinski definition) is 2. The van der Waals surface area contributed by atoms with Crippen molar-refractivity contribution >= 4 is 0 Å². The van der Waals surface area contributed by atoms with Gasteiger partial charge in [-0.15, -0.1) is 0 Å². The lowest BCUT2D eigenvalue weighted by Crippen LogP contribution is -2.29. The summed E-state index contributed by atoms with van der Waals surface area (Å²) in [7, 11) is 0. The van der Waals surface area contributed by atoms with Crippen molar-refractivity contribution in [1.29, 1.82) is 0 Å². The molecular formula is C15H22F3NO.